The number of unbranched alkanes of at least 4 members (excludes halogenated alkanes) is 31. The summed E-state index contributed by atoms with van der Waals surface area (Å²) in [6.45, 7) is 3.37. The van der Waals surface area contributed by atoms with Crippen LogP contribution in [0.15, 0.2) is 12.2 Å². The van der Waals surface area contributed by atoms with Crippen LogP contribution in [0.4, 0.5) is 0 Å². The van der Waals surface area contributed by atoms with Gasteiger partial charge in [0.2, 0.25) is 5.91 Å². The average molecular weight is 892 g/mol. The fourth-order valence-electron chi connectivity index (χ4n) is 8.16. The number of amides is 1. The normalized spacial score (nSPS) is 20.7. The molecule has 7 atom stereocenters. The molecule has 1 rings (SSSR count). The Labute approximate surface area is 372 Å². The van der Waals surface area contributed by atoms with Crippen LogP contribution in [0.3, 0.4) is 0 Å². The number of aliphatic hydroxyl groups excluding tert-OH is 4. The predicted octanol–water partition coefficient (Wildman–Crippen LogP) is 10.3. The van der Waals surface area contributed by atoms with Crippen molar-refractivity contribution in [2.75, 3.05) is 13.2 Å². The van der Waals surface area contributed by atoms with E-state index in [0.717, 1.165) is 38.5 Å². The van der Waals surface area contributed by atoms with Crippen molar-refractivity contribution in [3.63, 3.8) is 0 Å². The molecule has 7 unspecified atom stereocenters. The highest BCUT2D eigenvalue weighted by Crippen LogP contribution is 2.26. The number of hydrogen-bond donors (Lipinski definition) is 6. The van der Waals surface area contributed by atoms with Crippen molar-refractivity contribution in [3.8, 4) is 0 Å². The number of carbonyl (C=O) groups excluding carboxylic acids is 1. The molecule has 13 heteroatoms. The Balaban J connectivity index is 2.36. The van der Waals surface area contributed by atoms with Crippen molar-refractivity contribution >= 4 is 16.3 Å². The van der Waals surface area contributed by atoms with Gasteiger partial charge in [-0.25, -0.2) is 4.18 Å². The van der Waals surface area contributed by atoms with Crippen LogP contribution in [-0.2, 0) is 28.9 Å². The van der Waals surface area contributed by atoms with Crippen LogP contribution in [0, 0.1) is 0 Å². The first-order chi connectivity index (χ1) is 29.5. The third-order valence-electron chi connectivity index (χ3n) is 12.1. The molecule has 0 radical (unpaired) electrons. The number of ether oxygens (including phenoxy) is 2. The fourth-order valence-corrected chi connectivity index (χ4v) is 8.67. The van der Waals surface area contributed by atoms with E-state index in [9.17, 15) is 38.2 Å². The molecule has 1 heterocycles. The minimum atomic E-state index is -5.08. The maximum Gasteiger partial charge on any atom is 0.397 e. The van der Waals surface area contributed by atoms with Crippen LogP contribution in [0.25, 0.3) is 0 Å². The lowest BCUT2D eigenvalue weighted by molar-refractivity contribution is -0.298. The number of hydrogen-bond acceptors (Lipinski definition) is 10. The summed E-state index contributed by atoms with van der Waals surface area (Å²) in [6.07, 6.45) is 35.7. The lowest BCUT2D eigenvalue weighted by Gasteiger charge is -2.41. The molecule has 362 valence electrons. The molecule has 0 spiro atoms. The Bertz CT molecular complexity index is 1140. The molecule has 1 aliphatic heterocycles. The molecule has 1 amide bonds. The Morgan fingerprint density at radius 2 is 1.03 bits per heavy atom. The second-order valence-electron chi connectivity index (χ2n) is 17.8. The zero-order chi connectivity index (χ0) is 44.8. The van der Waals surface area contributed by atoms with Gasteiger partial charge in [-0.05, 0) is 19.3 Å². The lowest BCUT2D eigenvalue weighted by atomic mass is 9.99. The van der Waals surface area contributed by atoms with E-state index in [4.69, 9.17) is 9.47 Å². The fraction of sp³-hybridized carbons (Fsp3) is 0.938. The zero-order valence-corrected chi connectivity index (χ0v) is 39.6. The van der Waals surface area contributed by atoms with Gasteiger partial charge in [-0.15, -0.1) is 0 Å². The molecule has 1 fully saturated rings. The third kappa shape index (κ3) is 32.2. The van der Waals surface area contributed by atoms with Crippen molar-refractivity contribution in [3.05, 3.63) is 12.2 Å². The van der Waals surface area contributed by atoms with Gasteiger partial charge in [-0.1, -0.05) is 219 Å². The van der Waals surface area contributed by atoms with Crippen molar-refractivity contribution in [1.29, 1.82) is 0 Å². The SMILES string of the molecule is CCCCCCCCCCCCCCCCCCCCCCCCC/C=C/C(O)C(COC1OC(CO)C(O)C(OS(=O)(=O)O)C1O)NC(=O)CCCCCCCCCCC. The number of aliphatic hydroxyl groups is 4. The highest BCUT2D eigenvalue weighted by Gasteiger charge is 2.48. The van der Waals surface area contributed by atoms with E-state index in [1.54, 1.807) is 6.08 Å². The number of carbonyl (C=O) groups is 1. The molecule has 0 aromatic rings. The van der Waals surface area contributed by atoms with Gasteiger partial charge in [0.1, 0.15) is 24.4 Å². The summed E-state index contributed by atoms with van der Waals surface area (Å²) < 4.78 is 47.6. The van der Waals surface area contributed by atoms with Gasteiger partial charge in [-0.2, -0.15) is 8.42 Å². The van der Waals surface area contributed by atoms with Gasteiger partial charge in [0, 0.05) is 6.42 Å². The van der Waals surface area contributed by atoms with Crippen molar-refractivity contribution in [2.45, 2.75) is 275 Å². The summed E-state index contributed by atoms with van der Waals surface area (Å²) in [7, 11) is -5.08. The van der Waals surface area contributed by atoms with E-state index in [-0.39, 0.29) is 18.9 Å². The van der Waals surface area contributed by atoms with E-state index in [1.165, 1.54) is 167 Å². The predicted molar refractivity (Wildman–Crippen MR) is 246 cm³/mol. The monoisotopic (exact) mass is 892 g/mol. The van der Waals surface area contributed by atoms with E-state index in [1.807, 2.05) is 6.08 Å². The summed E-state index contributed by atoms with van der Waals surface area (Å²) in [5, 5.41) is 44.7. The summed E-state index contributed by atoms with van der Waals surface area (Å²) in [5.41, 5.74) is 0. The summed E-state index contributed by atoms with van der Waals surface area (Å²) in [4.78, 5) is 13.0. The molecule has 61 heavy (non-hydrogen) atoms. The minimum absolute atomic E-state index is 0.264. The Kier molecular flexibility index (Phi) is 37.2. The molecule has 0 aliphatic carbocycles. The van der Waals surface area contributed by atoms with Gasteiger partial charge in [0.15, 0.2) is 6.29 Å². The molecule has 12 nitrogen and oxygen atoms in total. The zero-order valence-electron chi connectivity index (χ0n) is 38.7. The second-order valence-corrected chi connectivity index (χ2v) is 18.8. The summed E-state index contributed by atoms with van der Waals surface area (Å²) in [5.74, 6) is -0.264. The van der Waals surface area contributed by atoms with Gasteiger partial charge in [-0.3, -0.25) is 9.35 Å². The average Bonchev–Trinajstić information content (AvgIpc) is 3.23. The number of nitrogens with one attached hydrogen (secondary N) is 1. The quantitative estimate of drug-likeness (QED) is 0.0194. The van der Waals surface area contributed by atoms with Gasteiger partial charge < -0.3 is 35.2 Å². The Morgan fingerprint density at radius 3 is 1.43 bits per heavy atom. The van der Waals surface area contributed by atoms with Crippen LogP contribution in [0.1, 0.15) is 232 Å². The Morgan fingerprint density at radius 1 is 0.639 bits per heavy atom. The first-order valence-electron chi connectivity index (χ1n) is 25.1. The van der Waals surface area contributed by atoms with Crippen molar-refractivity contribution in [1.82, 2.24) is 5.32 Å². The minimum Gasteiger partial charge on any atom is -0.394 e. The topological polar surface area (TPSA) is 192 Å². The number of rotatable bonds is 43. The van der Waals surface area contributed by atoms with Crippen LogP contribution in [0.5, 0.6) is 0 Å². The van der Waals surface area contributed by atoms with Gasteiger partial charge in [0.25, 0.3) is 0 Å². The van der Waals surface area contributed by atoms with Gasteiger partial charge >= 0.3 is 10.4 Å². The van der Waals surface area contributed by atoms with Crippen LogP contribution in [0.2, 0.25) is 0 Å². The third-order valence-corrected chi connectivity index (χ3v) is 12.5. The van der Waals surface area contributed by atoms with E-state index < -0.39 is 59.9 Å². The molecular weight excluding hydrogens is 799 g/mol. The summed E-state index contributed by atoms with van der Waals surface area (Å²) >= 11 is 0. The highest BCUT2D eigenvalue weighted by atomic mass is 32.3. The van der Waals surface area contributed by atoms with Crippen LogP contribution >= 0.6 is 0 Å². The lowest BCUT2D eigenvalue weighted by Crippen LogP contribution is -2.61. The van der Waals surface area contributed by atoms with E-state index >= 15 is 0 Å². The first kappa shape index (κ1) is 57.9. The molecule has 0 aromatic heterocycles. The smallest absolute Gasteiger partial charge is 0.394 e. The van der Waals surface area contributed by atoms with E-state index in [0.29, 0.717) is 6.42 Å². The molecule has 1 saturated heterocycles. The molecule has 0 saturated carbocycles. The first-order valence-corrected chi connectivity index (χ1v) is 26.4. The maximum atomic E-state index is 13.0. The van der Waals surface area contributed by atoms with Crippen molar-refractivity contribution < 1.29 is 51.8 Å². The summed E-state index contributed by atoms with van der Waals surface area (Å²) in [6, 6.07) is -0.937. The largest absolute Gasteiger partial charge is 0.397 e. The molecule has 1 aliphatic rings. The standard InChI is InChI=1S/C48H93NO11S/c1-3-5-7-9-11-13-14-15-16-17-18-19-20-21-22-23-24-25-26-27-28-30-31-33-35-37-42(51)41(49-44(52)38-36-34-32-29-12-10-8-6-4-2)40-58-48-46(54)47(60-61(55,56)57)45(53)43(39-50)59-48/h35,37,41-43,45-48,50-51,53-54H,3-34,36,38-40H2,1-2H3,(H,49,52)(H,55,56,57)/b37-35+. The molecule has 6 N–H and O–H groups in total. The number of allylic oxidation sites excluding steroid dienone is 1. The van der Waals surface area contributed by atoms with Crippen molar-refractivity contribution in [2.24, 2.45) is 0 Å². The van der Waals surface area contributed by atoms with E-state index in [2.05, 4.69) is 23.3 Å². The molecule has 0 aromatic carbocycles. The Hall–Kier alpha value is -1.16. The molecular formula is C48H93NO11S. The van der Waals surface area contributed by atoms with Crippen LogP contribution < -0.4 is 5.32 Å². The maximum absolute atomic E-state index is 13.0. The van der Waals surface area contributed by atoms with Crippen LogP contribution in [-0.4, -0.2) is 95.4 Å². The molecule has 0 bridgehead atoms. The van der Waals surface area contributed by atoms with Gasteiger partial charge in [0.05, 0.1) is 25.4 Å². The second kappa shape index (κ2) is 39.2. The highest BCUT2D eigenvalue weighted by molar-refractivity contribution is 7.80.